The van der Waals surface area contributed by atoms with E-state index in [1.165, 1.54) is 11.3 Å². The summed E-state index contributed by atoms with van der Waals surface area (Å²) in [5.74, 6) is 1.67. The van der Waals surface area contributed by atoms with E-state index < -0.39 is 0 Å². The van der Waals surface area contributed by atoms with E-state index in [1.54, 1.807) is 12.4 Å². The molecule has 4 heteroatoms. The summed E-state index contributed by atoms with van der Waals surface area (Å²) in [5, 5.41) is 0. The Morgan fingerprint density at radius 1 is 0.567 bits per heavy atom. The Morgan fingerprint density at radius 2 is 1.03 bits per heavy atom. The SMILES string of the molecule is CN(C)c1ccc(/C=C/c2ccc(N(c3ccccn3)c3ccccn3)cc2)cc1. The van der Waals surface area contributed by atoms with Crippen LogP contribution in [-0.4, -0.2) is 24.1 Å². The van der Waals surface area contributed by atoms with E-state index in [9.17, 15) is 0 Å². The molecular formula is C26H24N4. The minimum atomic E-state index is 0.834. The summed E-state index contributed by atoms with van der Waals surface area (Å²) in [6.45, 7) is 0. The third-order valence-electron chi connectivity index (χ3n) is 4.79. The van der Waals surface area contributed by atoms with E-state index in [0.29, 0.717) is 0 Å². The van der Waals surface area contributed by atoms with Crippen molar-refractivity contribution in [1.29, 1.82) is 0 Å². The first-order valence-electron chi connectivity index (χ1n) is 9.88. The lowest BCUT2D eigenvalue weighted by atomic mass is 10.1. The predicted molar refractivity (Wildman–Crippen MR) is 126 cm³/mol. The van der Waals surface area contributed by atoms with Crippen LogP contribution >= 0.6 is 0 Å². The summed E-state index contributed by atoms with van der Waals surface area (Å²) in [4.78, 5) is 13.2. The van der Waals surface area contributed by atoms with Gasteiger partial charge in [0.2, 0.25) is 0 Å². The Balaban J connectivity index is 1.58. The van der Waals surface area contributed by atoms with Crippen LogP contribution in [0.2, 0.25) is 0 Å². The summed E-state index contributed by atoms with van der Waals surface area (Å²) in [5.41, 5.74) is 4.52. The van der Waals surface area contributed by atoms with Crippen molar-refractivity contribution in [2.75, 3.05) is 23.9 Å². The Bertz CT molecular complexity index is 1050. The molecule has 0 aliphatic heterocycles. The molecule has 0 saturated carbocycles. The molecule has 4 nitrogen and oxygen atoms in total. The molecule has 2 aromatic carbocycles. The maximum atomic E-state index is 4.52. The van der Waals surface area contributed by atoms with E-state index in [2.05, 4.69) is 75.6 Å². The average molecular weight is 393 g/mol. The molecule has 0 radical (unpaired) electrons. The summed E-state index contributed by atoms with van der Waals surface area (Å²) >= 11 is 0. The highest BCUT2D eigenvalue weighted by molar-refractivity contribution is 5.75. The zero-order valence-corrected chi connectivity index (χ0v) is 17.2. The third kappa shape index (κ3) is 4.55. The molecule has 0 unspecified atom stereocenters. The number of hydrogen-bond donors (Lipinski definition) is 0. The minimum absolute atomic E-state index is 0.834. The van der Waals surface area contributed by atoms with E-state index in [4.69, 9.17) is 0 Å². The summed E-state index contributed by atoms with van der Waals surface area (Å²) in [6, 6.07) is 28.7. The van der Waals surface area contributed by atoms with Gasteiger partial charge in [-0.25, -0.2) is 9.97 Å². The maximum absolute atomic E-state index is 4.52. The number of nitrogens with zero attached hydrogens (tertiary/aromatic N) is 4. The van der Waals surface area contributed by atoms with Crippen molar-refractivity contribution in [2.45, 2.75) is 0 Å². The van der Waals surface area contributed by atoms with Gasteiger partial charge < -0.3 is 4.90 Å². The van der Waals surface area contributed by atoms with Crippen LogP contribution in [0.4, 0.5) is 23.0 Å². The van der Waals surface area contributed by atoms with Gasteiger partial charge in [0.15, 0.2) is 0 Å². The molecule has 30 heavy (non-hydrogen) atoms. The molecule has 148 valence electrons. The molecule has 0 spiro atoms. The van der Waals surface area contributed by atoms with E-state index in [0.717, 1.165) is 22.9 Å². The maximum Gasteiger partial charge on any atom is 0.138 e. The van der Waals surface area contributed by atoms with E-state index >= 15 is 0 Å². The first-order valence-corrected chi connectivity index (χ1v) is 9.88. The van der Waals surface area contributed by atoms with Crippen molar-refractivity contribution in [3.63, 3.8) is 0 Å². The van der Waals surface area contributed by atoms with Crippen molar-refractivity contribution >= 4 is 35.2 Å². The van der Waals surface area contributed by atoms with Crippen molar-refractivity contribution < 1.29 is 0 Å². The normalized spacial score (nSPS) is 10.9. The van der Waals surface area contributed by atoms with Gasteiger partial charge in [-0.1, -0.05) is 48.6 Å². The fraction of sp³-hybridized carbons (Fsp3) is 0.0769. The number of hydrogen-bond acceptors (Lipinski definition) is 4. The molecule has 0 aliphatic rings. The van der Waals surface area contributed by atoms with Crippen LogP contribution < -0.4 is 9.80 Å². The lowest BCUT2D eigenvalue weighted by Gasteiger charge is -2.22. The van der Waals surface area contributed by atoms with Gasteiger partial charge in [0.05, 0.1) is 0 Å². The Labute approximate surface area is 177 Å². The summed E-state index contributed by atoms with van der Waals surface area (Å²) < 4.78 is 0. The monoisotopic (exact) mass is 392 g/mol. The highest BCUT2D eigenvalue weighted by atomic mass is 15.2. The van der Waals surface area contributed by atoms with E-state index in [1.807, 2.05) is 55.4 Å². The number of rotatable bonds is 6. The lowest BCUT2D eigenvalue weighted by molar-refractivity contribution is 1.12. The fourth-order valence-electron chi connectivity index (χ4n) is 3.16. The predicted octanol–water partition coefficient (Wildman–Crippen LogP) is 6.18. The Kier molecular flexibility index (Phi) is 5.85. The molecule has 0 atom stereocenters. The topological polar surface area (TPSA) is 32.3 Å². The molecule has 0 amide bonds. The van der Waals surface area contributed by atoms with Gasteiger partial charge in [0, 0.05) is 37.9 Å². The molecular weight excluding hydrogens is 368 g/mol. The Morgan fingerprint density at radius 3 is 1.43 bits per heavy atom. The van der Waals surface area contributed by atoms with Gasteiger partial charge in [0.1, 0.15) is 11.6 Å². The second-order valence-electron chi connectivity index (χ2n) is 7.12. The molecule has 0 aliphatic carbocycles. The van der Waals surface area contributed by atoms with Crippen LogP contribution in [0, 0.1) is 0 Å². The quantitative estimate of drug-likeness (QED) is 0.367. The highest BCUT2D eigenvalue weighted by Gasteiger charge is 2.13. The molecule has 2 heterocycles. The molecule has 0 saturated heterocycles. The first kappa shape index (κ1) is 19.4. The molecule has 2 aromatic heterocycles. The molecule has 4 aromatic rings. The van der Waals surface area contributed by atoms with Crippen LogP contribution in [0.25, 0.3) is 12.2 Å². The highest BCUT2D eigenvalue weighted by Crippen LogP contribution is 2.31. The zero-order valence-electron chi connectivity index (χ0n) is 17.2. The molecule has 0 fully saturated rings. The van der Waals surface area contributed by atoms with Crippen LogP contribution in [0.3, 0.4) is 0 Å². The number of aromatic nitrogens is 2. The third-order valence-corrected chi connectivity index (χ3v) is 4.79. The van der Waals surface area contributed by atoms with Gasteiger partial charge in [-0.15, -0.1) is 0 Å². The zero-order chi connectivity index (χ0) is 20.8. The number of benzene rings is 2. The first-order chi connectivity index (χ1) is 14.7. The van der Waals surface area contributed by atoms with E-state index in [-0.39, 0.29) is 0 Å². The van der Waals surface area contributed by atoms with Gasteiger partial charge in [0.25, 0.3) is 0 Å². The molecule has 0 N–H and O–H groups in total. The summed E-state index contributed by atoms with van der Waals surface area (Å²) in [7, 11) is 4.09. The second-order valence-corrected chi connectivity index (χ2v) is 7.12. The van der Waals surface area contributed by atoms with Gasteiger partial charge in [-0.05, 0) is 59.7 Å². The van der Waals surface area contributed by atoms with Crippen LogP contribution in [-0.2, 0) is 0 Å². The largest absolute Gasteiger partial charge is 0.378 e. The standard InChI is InChI=1S/C26H24N4/c1-29(2)23-15-11-21(12-16-23)9-10-22-13-17-24(18-14-22)30(25-7-3-5-19-27-25)26-8-4-6-20-28-26/h3-20H,1-2H3/b10-9+. The fourth-order valence-corrected chi connectivity index (χ4v) is 3.16. The van der Waals surface area contributed by atoms with Crippen molar-refractivity contribution in [3.05, 3.63) is 108 Å². The summed E-state index contributed by atoms with van der Waals surface area (Å²) in [6.07, 6.45) is 7.85. The minimum Gasteiger partial charge on any atom is -0.378 e. The van der Waals surface area contributed by atoms with Gasteiger partial charge in [-0.2, -0.15) is 0 Å². The van der Waals surface area contributed by atoms with Crippen LogP contribution in [0.5, 0.6) is 0 Å². The lowest BCUT2D eigenvalue weighted by Crippen LogP contribution is -2.12. The number of anilines is 4. The van der Waals surface area contributed by atoms with Gasteiger partial charge in [-0.3, -0.25) is 4.90 Å². The Hall–Kier alpha value is -3.92. The van der Waals surface area contributed by atoms with Gasteiger partial charge >= 0.3 is 0 Å². The molecule has 4 rings (SSSR count). The second kappa shape index (κ2) is 9.05. The van der Waals surface area contributed by atoms with Crippen LogP contribution in [0.15, 0.2) is 97.3 Å². The molecule has 0 bridgehead atoms. The van der Waals surface area contributed by atoms with Crippen molar-refractivity contribution in [3.8, 4) is 0 Å². The van der Waals surface area contributed by atoms with Crippen molar-refractivity contribution in [2.24, 2.45) is 0 Å². The average Bonchev–Trinajstić information content (AvgIpc) is 2.80. The van der Waals surface area contributed by atoms with Crippen LogP contribution in [0.1, 0.15) is 11.1 Å². The smallest absolute Gasteiger partial charge is 0.138 e. The van der Waals surface area contributed by atoms with Crippen molar-refractivity contribution in [1.82, 2.24) is 9.97 Å². The number of pyridine rings is 2.